The lowest BCUT2D eigenvalue weighted by molar-refractivity contribution is 0.216. The van der Waals surface area contributed by atoms with Crippen LogP contribution in [0.4, 0.5) is 0 Å². The average Bonchev–Trinajstić information content (AvgIpc) is 2.31. The molecule has 0 heterocycles. The first-order valence-corrected chi connectivity index (χ1v) is 6.10. The number of benzene rings is 1. The van der Waals surface area contributed by atoms with Crippen LogP contribution in [0.1, 0.15) is 38.8 Å². The van der Waals surface area contributed by atoms with Crippen molar-refractivity contribution in [3.63, 3.8) is 0 Å². The highest BCUT2D eigenvalue weighted by atomic mass is 16.3. The van der Waals surface area contributed by atoms with E-state index in [0.717, 1.165) is 6.42 Å². The van der Waals surface area contributed by atoms with Crippen LogP contribution in [0.25, 0.3) is 0 Å². The van der Waals surface area contributed by atoms with E-state index in [2.05, 4.69) is 50.4 Å². The number of aliphatic hydroxyl groups is 1. The van der Waals surface area contributed by atoms with Gasteiger partial charge in [0.15, 0.2) is 0 Å². The molecule has 0 saturated carbocycles. The number of rotatable bonds is 6. The van der Waals surface area contributed by atoms with Crippen LogP contribution >= 0.6 is 0 Å². The smallest absolute Gasteiger partial charge is 0.0584 e. The summed E-state index contributed by atoms with van der Waals surface area (Å²) < 4.78 is 0. The summed E-state index contributed by atoms with van der Waals surface area (Å²) in [5.41, 5.74) is 1.30. The van der Waals surface area contributed by atoms with Crippen LogP contribution in [-0.4, -0.2) is 17.8 Å². The molecule has 0 fully saturated rings. The van der Waals surface area contributed by atoms with Gasteiger partial charge in [-0.05, 0) is 17.9 Å². The van der Waals surface area contributed by atoms with Crippen molar-refractivity contribution in [2.24, 2.45) is 5.92 Å². The lowest BCUT2D eigenvalue weighted by Gasteiger charge is -2.27. The van der Waals surface area contributed by atoms with Crippen LogP contribution in [0, 0.1) is 5.92 Å². The molecular formula is C14H23NO. The first-order chi connectivity index (χ1) is 7.69. The van der Waals surface area contributed by atoms with Gasteiger partial charge in [0.25, 0.3) is 0 Å². The summed E-state index contributed by atoms with van der Waals surface area (Å²) in [4.78, 5) is 0. The fraction of sp³-hybridized carbons (Fsp3) is 0.571. The predicted octanol–water partition coefficient (Wildman–Crippen LogP) is 2.74. The fourth-order valence-electron chi connectivity index (χ4n) is 1.89. The zero-order valence-corrected chi connectivity index (χ0v) is 10.5. The minimum Gasteiger partial charge on any atom is -0.395 e. The molecule has 2 N–H and O–H groups in total. The van der Waals surface area contributed by atoms with E-state index in [0.29, 0.717) is 12.0 Å². The minimum absolute atomic E-state index is 0.188. The van der Waals surface area contributed by atoms with Crippen LogP contribution in [0.5, 0.6) is 0 Å². The SMILES string of the molecule is CC[C@H](CO)NC(c1ccccc1)C(C)C. The molecular weight excluding hydrogens is 198 g/mol. The Balaban J connectivity index is 2.76. The molecule has 0 saturated heterocycles. The Morgan fingerprint density at radius 2 is 1.81 bits per heavy atom. The highest BCUT2D eigenvalue weighted by Crippen LogP contribution is 2.22. The summed E-state index contributed by atoms with van der Waals surface area (Å²) in [6.45, 7) is 6.70. The molecule has 0 bridgehead atoms. The van der Waals surface area contributed by atoms with Gasteiger partial charge in [0, 0.05) is 12.1 Å². The summed E-state index contributed by atoms with van der Waals surface area (Å²) in [7, 11) is 0. The molecule has 0 spiro atoms. The Morgan fingerprint density at radius 1 is 1.19 bits per heavy atom. The van der Waals surface area contributed by atoms with E-state index >= 15 is 0 Å². The van der Waals surface area contributed by atoms with E-state index in [1.54, 1.807) is 0 Å². The van der Waals surface area contributed by atoms with Crippen molar-refractivity contribution in [2.45, 2.75) is 39.3 Å². The van der Waals surface area contributed by atoms with Crippen molar-refractivity contribution in [2.75, 3.05) is 6.61 Å². The normalized spacial score (nSPS) is 15.1. The number of nitrogens with one attached hydrogen (secondary N) is 1. The van der Waals surface area contributed by atoms with E-state index < -0.39 is 0 Å². The Hall–Kier alpha value is -0.860. The van der Waals surface area contributed by atoms with Crippen molar-refractivity contribution in [1.29, 1.82) is 0 Å². The van der Waals surface area contributed by atoms with Crippen molar-refractivity contribution < 1.29 is 5.11 Å². The van der Waals surface area contributed by atoms with Gasteiger partial charge >= 0.3 is 0 Å². The lowest BCUT2D eigenvalue weighted by atomic mass is 9.95. The highest BCUT2D eigenvalue weighted by Gasteiger charge is 2.18. The molecule has 0 radical (unpaired) electrons. The van der Waals surface area contributed by atoms with Crippen LogP contribution in [0.2, 0.25) is 0 Å². The summed E-state index contributed by atoms with van der Waals surface area (Å²) in [5, 5.41) is 12.8. The lowest BCUT2D eigenvalue weighted by Crippen LogP contribution is -2.37. The second-order valence-corrected chi connectivity index (χ2v) is 4.59. The highest BCUT2D eigenvalue weighted by molar-refractivity contribution is 5.19. The Kier molecular flexibility index (Phi) is 5.50. The average molecular weight is 221 g/mol. The summed E-state index contributed by atoms with van der Waals surface area (Å²) in [5.74, 6) is 0.517. The van der Waals surface area contributed by atoms with Crippen molar-refractivity contribution >= 4 is 0 Å². The molecule has 0 aliphatic heterocycles. The minimum atomic E-state index is 0.188. The topological polar surface area (TPSA) is 32.3 Å². The molecule has 0 aromatic heterocycles. The maximum atomic E-state index is 9.24. The van der Waals surface area contributed by atoms with Crippen LogP contribution < -0.4 is 5.32 Å². The molecule has 0 aliphatic carbocycles. The van der Waals surface area contributed by atoms with Crippen LogP contribution in [0.3, 0.4) is 0 Å². The predicted molar refractivity (Wildman–Crippen MR) is 68.3 cm³/mol. The van der Waals surface area contributed by atoms with Gasteiger partial charge in [-0.1, -0.05) is 51.1 Å². The van der Waals surface area contributed by atoms with Crippen molar-refractivity contribution in [3.05, 3.63) is 35.9 Å². The van der Waals surface area contributed by atoms with Crippen molar-refractivity contribution in [1.82, 2.24) is 5.32 Å². The quantitative estimate of drug-likeness (QED) is 0.774. The standard InChI is InChI=1S/C14H23NO/c1-4-13(10-16)15-14(11(2)3)12-8-6-5-7-9-12/h5-9,11,13-16H,4,10H2,1-3H3/t13-,14?/m1/s1. The first-order valence-electron chi connectivity index (χ1n) is 6.10. The van der Waals surface area contributed by atoms with E-state index in [1.807, 2.05) is 6.07 Å². The molecule has 90 valence electrons. The molecule has 1 aromatic rings. The van der Waals surface area contributed by atoms with E-state index in [4.69, 9.17) is 0 Å². The molecule has 2 heteroatoms. The second-order valence-electron chi connectivity index (χ2n) is 4.59. The second kappa shape index (κ2) is 6.66. The zero-order valence-electron chi connectivity index (χ0n) is 10.5. The zero-order chi connectivity index (χ0) is 12.0. The molecule has 2 nitrogen and oxygen atoms in total. The van der Waals surface area contributed by atoms with E-state index in [1.165, 1.54) is 5.56 Å². The van der Waals surface area contributed by atoms with Gasteiger partial charge < -0.3 is 10.4 Å². The fourth-order valence-corrected chi connectivity index (χ4v) is 1.89. The summed E-state index contributed by atoms with van der Waals surface area (Å²) >= 11 is 0. The van der Waals surface area contributed by atoms with Crippen molar-refractivity contribution in [3.8, 4) is 0 Å². The van der Waals surface area contributed by atoms with Gasteiger partial charge in [-0.2, -0.15) is 0 Å². The van der Waals surface area contributed by atoms with Gasteiger partial charge in [0.1, 0.15) is 0 Å². The molecule has 16 heavy (non-hydrogen) atoms. The number of aliphatic hydroxyl groups excluding tert-OH is 1. The number of hydrogen-bond acceptors (Lipinski definition) is 2. The Labute approximate surface area is 98.7 Å². The number of hydrogen-bond donors (Lipinski definition) is 2. The Morgan fingerprint density at radius 3 is 2.25 bits per heavy atom. The maximum Gasteiger partial charge on any atom is 0.0584 e. The van der Waals surface area contributed by atoms with Gasteiger partial charge in [-0.15, -0.1) is 0 Å². The Bertz CT molecular complexity index is 280. The molecule has 1 unspecified atom stereocenters. The third-order valence-electron chi connectivity index (χ3n) is 2.95. The molecule has 1 rings (SSSR count). The first kappa shape index (κ1) is 13.2. The molecule has 0 amide bonds. The molecule has 2 atom stereocenters. The van der Waals surface area contributed by atoms with Gasteiger partial charge in [0.2, 0.25) is 0 Å². The summed E-state index contributed by atoms with van der Waals surface area (Å²) in [6.07, 6.45) is 0.951. The van der Waals surface area contributed by atoms with Gasteiger partial charge in [0.05, 0.1) is 6.61 Å². The third-order valence-corrected chi connectivity index (χ3v) is 2.95. The monoisotopic (exact) mass is 221 g/mol. The maximum absolute atomic E-state index is 9.24. The largest absolute Gasteiger partial charge is 0.395 e. The van der Waals surface area contributed by atoms with E-state index in [-0.39, 0.29) is 12.6 Å². The van der Waals surface area contributed by atoms with E-state index in [9.17, 15) is 5.11 Å². The van der Waals surface area contributed by atoms with Gasteiger partial charge in [-0.3, -0.25) is 0 Å². The van der Waals surface area contributed by atoms with Crippen LogP contribution in [-0.2, 0) is 0 Å². The van der Waals surface area contributed by atoms with Crippen LogP contribution in [0.15, 0.2) is 30.3 Å². The van der Waals surface area contributed by atoms with Gasteiger partial charge in [-0.25, -0.2) is 0 Å². The molecule has 0 aliphatic rings. The third kappa shape index (κ3) is 3.62. The molecule has 1 aromatic carbocycles. The summed E-state index contributed by atoms with van der Waals surface area (Å²) in [6, 6.07) is 10.9.